The molecule has 0 aliphatic carbocycles. The first kappa shape index (κ1) is 13.8. The van der Waals surface area contributed by atoms with Gasteiger partial charge in [0.2, 0.25) is 0 Å². The normalized spacial score (nSPS) is 10.3. The quantitative estimate of drug-likeness (QED) is 0.912. The standard InChI is InChI=1S/C14H15N3O3/c1-16(2)13(18)11-3-4-12(14(19)20)17(11)9-10-5-7-15-8-6-10/h3-8H,9H2,1-2H3,(H,19,20). The highest BCUT2D eigenvalue weighted by atomic mass is 16.4. The molecule has 2 aromatic heterocycles. The van der Waals surface area contributed by atoms with Crippen molar-refractivity contribution in [2.45, 2.75) is 6.54 Å². The number of carboxylic acid groups (broad SMARTS) is 1. The molecule has 20 heavy (non-hydrogen) atoms. The Morgan fingerprint density at radius 3 is 2.30 bits per heavy atom. The molecule has 0 spiro atoms. The van der Waals surface area contributed by atoms with Gasteiger partial charge in [0.25, 0.3) is 5.91 Å². The van der Waals surface area contributed by atoms with Gasteiger partial charge in [0, 0.05) is 33.0 Å². The predicted octanol–water partition coefficient (Wildman–Crippen LogP) is 1.33. The van der Waals surface area contributed by atoms with Crippen LogP contribution in [0.15, 0.2) is 36.7 Å². The van der Waals surface area contributed by atoms with Crippen molar-refractivity contribution in [3.8, 4) is 0 Å². The van der Waals surface area contributed by atoms with Gasteiger partial charge in [-0.2, -0.15) is 0 Å². The molecule has 0 saturated heterocycles. The average Bonchev–Trinajstić information content (AvgIpc) is 2.82. The van der Waals surface area contributed by atoms with Gasteiger partial charge in [-0.15, -0.1) is 0 Å². The lowest BCUT2D eigenvalue weighted by Crippen LogP contribution is -2.26. The van der Waals surface area contributed by atoms with Gasteiger partial charge >= 0.3 is 5.97 Å². The Labute approximate surface area is 116 Å². The van der Waals surface area contributed by atoms with Crippen LogP contribution in [-0.4, -0.2) is 45.5 Å². The maximum absolute atomic E-state index is 12.1. The Morgan fingerprint density at radius 2 is 1.75 bits per heavy atom. The molecule has 0 unspecified atom stereocenters. The second kappa shape index (κ2) is 5.56. The molecule has 0 bridgehead atoms. The third kappa shape index (κ3) is 2.69. The summed E-state index contributed by atoms with van der Waals surface area (Å²) in [7, 11) is 3.26. The molecule has 2 rings (SSSR count). The van der Waals surface area contributed by atoms with Crippen molar-refractivity contribution >= 4 is 11.9 Å². The number of amides is 1. The van der Waals surface area contributed by atoms with E-state index in [-0.39, 0.29) is 11.6 Å². The molecule has 0 fully saturated rings. The van der Waals surface area contributed by atoms with E-state index in [4.69, 9.17) is 0 Å². The van der Waals surface area contributed by atoms with E-state index in [1.807, 2.05) is 0 Å². The molecule has 0 radical (unpaired) electrons. The zero-order valence-electron chi connectivity index (χ0n) is 11.3. The first-order chi connectivity index (χ1) is 9.50. The third-order valence-electron chi connectivity index (χ3n) is 2.92. The monoisotopic (exact) mass is 273 g/mol. The van der Waals surface area contributed by atoms with Crippen LogP contribution in [0.1, 0.15) is 26.5 Å². The Bertz CT molecular complexity index is 632. The Morgan fingerprint density at radius 1 is 1.15 bits per heavy atom. The fourth-order valence-electron chi connectivity index (χ4n) is 1.91. The molecular weight excluding hydrogens is 258 g/mol. The molecule has 1 amide bonds. The first-order valence-corrected chi connectivity index (χ1v) is 6.04. The van der Waals surface area contributed by atoms with Crippen LogP contribution in [0, 0.1) is 0 Å². The molecule has 0 saturated carbocycles. The second-order valence-corrected chi connectivity index (χ2v) is 4.55. The van der Waals surface area contributed by atoms with Crippen molar-refractivity contribution in [3.05, 3.63) is 53.6 Å². The summed E-state index contributed by atoms with van der Waals surface area (Å²) in [4.78, 5) is 28.7. The van der Waals surface area contributed by atoms with Crippen molar-refractivity contribution in [2.75, 3.05) is 14.1 Å². The maximum atomic E-state index is 12.1. The number of aromatic carboxylic acids is 1. The minimum atomic E-state index is -1.06. The summed E-state index contributed by atoms with van der Waals surface area (Å²) in [6.07, 6.45) is 3.26. The lowest BCUT2D eigenvalue weighted by Gasteiger charge is -2.14. The van der Waals surface area contributed by atoms with E-state index in [0.29, 0.717) is 12.2 Å². The SMILES string of the molecule is CN(C)C(=O)c1ccc(C(=O)O)n1Cc1ccncc1. The van der Waals surface area contributed by atoms with Gasteiger partial charge in [0.15, 0.2) is 0 Å². The number of hydrogen-bond donors (Lipinski definition) is 1. The van der Waals surface area contributed by atoms with Crippen LogP contribution in [0.25, 0.3) is 0 Å². The zero-order chi connectivity index (χ0) is 14.7. The lowest BCUT2D eigenvalue weighted by atomic mass is 10.2. The van der Waals surface area contributed by atoms with Crippen LogP contribution in [0.2, 0.25) is 0 Å². The van der Waals surface area contributed by atoms with E-state index in [0.717, 1.165) is 5.56 Å². The fraction of sp³-hybridized carbons (Fsp3) is 0.214. The van der Waals surface area contributed by atoms with Crippen molar-refractivity contribution in [3.63, 3.8) is 0 Å². The van der Waals surface area contributed by atoms with Gasteiger partial charge in [0.1, 0.15) is 11.4 Å². The van der Waals surface area contributed by atoms with E-state index in [1.54, 1.807) is 38.6 Å². The van der Waals surface area contributed by atoms with Gasteiger partial charge in [-0.25, -0.2) is 4.79 Å². The molecule has 104 valence electrons. The average molecular weight is 273 g/mol. The number of carbonyl (C=O) groups is 2. The number of carbonyl (C=O) groups excluding carboxylic acids is 1. The number of rotatable bonds is 4. The fourth-order valence-corrected chi connectivity index (χ4v) is 1.91. The topological polar surface area (TPSA) is 75.4 Å². The smallest absolute Gasteiger partial charge is 0.352 e. The van der Waals surface area contributed by atoms with E-state index in [2.05, 4.69) is 4.98 Å². The number of carboxylic acids is 1. The highest BCUT2D eigenvalue weighted by molar-refractivity contribution is 5.95. The Hall–Kier alpha value is -2.63. The molecule has 1 N–H and O–H groups in total. The van der Waals surface area contributed by atoms with Crippen LogP contribution in [0.4, 0.5) is 0 Å². The van der Waals surface area contributed by atoms with Gasteiger partial charge in [-0.05, 0) is 29.8 Å². The van der Waals surface area contributed by atoms with Crippen LogP contribution in [-0.2, 0) is 6.54 Å². The second-order valence-electron chi connectivity index (χ2n) is 4.55. The Kier molecular flexibility index (Phi) is 3.84. The number of hydrogen-bond acceptors (Lipinski definition) is 3. The highest BCUT2D eigenvalue weighted by Crippen LogP contribution is 2.14. The largest absolute Gasteiger partial charge is 0.477 e. The zero-order valence-corrected chi connectivity index (χ0v) is 11.3. The third-order valence-corrected chi connectivity index (χ3v) is 2.92. The van der Waals surface area contributed by atoms with Gasteiger partial charge in [-0.1, -0.05) is 0 Å². The van der Waals surface area contributed by atoms with Gasteiger partial charge < -0.3 is 14.6 Å². The minimum absolute atomic E-state index is 0.0898. The summed E-state index contributed by atoms with van der Waals surface area (Å²) in [5, 5.41) is 9.22. The molecule has 2 aromatic rings. The molecule has 0 atom stereocenters. The van der Waals surface area contributed by atoms with Crippen molar-refractivity contribution in [2.24, 2.45) is 0 Å². The molecule has 6 nitrogen and oxygen atoms in total. The number of aromatic nitrogens is 2. The van der Waals surface area contributed by atoms with E-state index in [9.17, 15) is 14.7 Å². The van der Waals surface area contributed by atoms with Crippen LogP contribution >= 0.6 is 0 Å². The molecule has 6 heteroatoms. The lowest BCUT2D eigenvalue weighted by molar-refractivity contribution is 0.0685. The number of nitrogens with zero attached hydrogens (tertiary/aromatic N) is 3. The maximum Gasteiger partial charge on any atom is 0.352 e. The minimum Gasteiger partial charge on any atom is -0.477 e. The molecule has 0 aromatic carbocycles. The van der Waals surface area contributed by atoms with Crippen LogP contribution < -0.4 is 0 Å². The Balaban J connectivity index is 2.45. The van der Waals surface area contributed by atoms with E-state index < -0.39 is 5.97 Å². The summed E-state index contributed by atoms with van der Waals surface area (Å²) in [6.45, 7) is 0.312. The van der Waals surface area contributed by atoms with Gasteiger partial charge in [0.05, 0.1) is 0 Å². The van der Waals surface area contributed by atoms with E-state index >= 15 is 0 Å². The van der Waals surface area contributed by atoms with Crippen molar-refractivity contribution in [1.29, 1.82) is 0 Å². The summed E-state index contributed by atoms with van der Waals surface area (Å²) in [5.74, 6) is -1.29. The number of pyridine rings is 1. The summed E-state index contributed by atoms with van der Waals surface area (Å²) in [5.41, 5.74) is 1.32. The van der Waals surface area contributed by atoms with Crippen LogP contribution in [0.3, 0.4) is 0 Å². The molecule has 2 heterocycles. The predicted molar refractivity (Wildman–Crippen MR) is 72.7 cm³/mol. The highest BCUT2D eigenvalue weighted by Gasteiger charge is 2.20. The van der Waals surface area contributed by atoms with Crippen molar-refractivity contribution in [1.82, 2.24) is 14.5 Å². The van der Waals surface area contributed by atoms with E-state index in [1.165, 1.54) is 21.6 Å². The summed E-state index contributed by atoms with van der Waals surface area (Å²) >= 11 is 0. The summed E-state index contributed by atoms with van der Waals surface area (Å²) < 4.78 is 1.50. The molecule has 0 aliphatic rings. The van der Waals surface area contributed by atoms with Gasteiger partial charge in [-0.3, -0.25) is 9.78 Å². The van der Waals surface area contributed by atoms with Crippen molar-refractivity contribution < 1.29 is 14.7 Å². The summed E-state index contributed by atoms with van der Waals surface area (Å²) in [6, 6.07) is 6.55. The van der Waals surface area contributed by atoms with Crippen LogP contribution in [0.5, 0.6) is 0 Å². The first-order valence-electron chi connectivity index (χ1n) is 6.04. The molecule has 0 aliphatic heterocycles. The molecular formula is C14H15N3O3.